The molecule has 0 saturated carbocycles. The summed E-state index contributed by atoms with van der Waals surface area (Å²) >= 11 is 0. The molecule has 0 radical (unpaired) electrons. The number of fused-ring (bicyclic) bond motifs is 1. The number of hydrogen-bond acceptors (Lipinski definition) is 3. The second kappa shape index (κ2) is 6.35. The Bertz CT molecular complexity index is 803. The van der Waals surface area contributed by atoms with Crippen molar-refractivity contribution in [2.24, 2.45) is 0 Å². The second-order valence-electron chi connectivity index (χ2n) is 6.08. The van der Waals surface area contributed by atoms with Crippen molar-refractivity contribution in [2.45, 2.75) is 18.8 Å². The molecule has 5 nitrogen and oxygen atoms in total. The van der Waals surface area contributed by atoms with E-state index in [2.05, 4.69) is 10.3 Å². The molecule has 1 aliphatic rings. The van der Waals surface area contributed by atoms with Gasteiger partial charge in [0.15, 0.2) is 11.5 Å². The second-order valence-corrected chi connectivity index (χ2v) is 6.08. The normalized spacial score (nSPS) is 15.6. The molecule has 3 aromatic rings. The van der Waals surface area contributed by atoms with Crippen LogP contribution in [0.25, 0.3) is 11.1 Å². The third kappa shape index (κ3) is 2.97. The van der Waals surface area contributed by atoms with Crippen LogP contribution in [0.2, 0.25) is 0 Å². The lowest BCUT2D eigenvalue weighted by molar-refractivity contribution is 0.190. The Hall–Kier alpha value is -2.82. The highest BCUT2D eigenvalue weighted by molar-refractivity contribution is 5.89. The molecule has 2 heterocycles. The van der Waals surface area contributed by atoms with Crippen LogP contribution in [0.15, 0.2) is 59.0 Å². The Balaban J connectivity index is 1.38. The topological polar surface area (TPSA) is 58.4 Å². The number of rotatable bonds is 2. The minimum absolute atomic E-state index is 0.0442. The molecular formula is C19H19N3O2. The fraction of sp³-hybridized carbons (Fsp3) is 0.263. The van der Waals surface area contributed by atoms with Crippen molar-refractivity contribution in [3.8, 4) is 0 Å². The maximum Gasteiger partial charge on any atom is 0.321 e. The van der Waals surface area contributed by atoms with Crippen LogP contribution < -0.4 is 5.32 Å². The number of aromatic nitrogens is 1. The third-order valence-corrected chi connectivity index (χ3v) is 4.47. The van der Waals surface area contributed by atoms with E-state index in [-0.39, 0.29) is 11.9 Å². The lowest BCUT2D eigenvalue weighted by Gasteiger charge is -2.30. The minimum Gasteiger partial charge on any atom is -0.440 e. The molecule has 0 aliphatic carbocycles. The number of urea groups is 1. The summed E-state index contributed by atoms with van der Waals surface area (Å²) in [5.74, 6) is 1.07. The van der Waals surface area contributed by atoms with Gasteiger partial charge in [-0.2, -0.15) is 0 Å². The smallest absolute Gasteiger partial charge is 0.321 e. The predicted octanol–water partition coefficient (Wildman–Crippen LogP) is 4.24. The molecule has 0 spiro atoms. The van der Waals surface area contributed by atoms with Gasteiger partial charge in [0.1, 0.15) is 5.52 Å². The minimum atomic E-state index is -0.0442. The largest absolute Gasteiger partial charge is 0.440 e. The molecule has 0 unspecified atom stereocenters. The van der Waals surface area contributed by atoms with Crippen LogP contribution >= 0.6 is 0 Å². The predicted molar refractivity (Wildman–Crippen MR) is 93.0 cm³/mol. The van der Waals surface area contributed by atoms with Crippen LogP contribution in [0, 0.1) is 0 Å². The van der Waals surface area contributed by atoms with Crippen LogP contribution in [0.3, 0.4) is 0 Å². The van der Waals surface area contributed by atoms with E-state index >= 15 is 0 Å². The molecule has 2 aromatic carbocycles. The number of oxazole rings is 1. The summed E-state index contributed by atoms with van der Waals surface area (Å²) in [4.78, 5) is 18.8. The number of carbonyl (C=O) groups excluding carboxylic acids is 1. The maximum atomic E-state index is 12.3. The zero-order valence-corrected chi connectivity index (χ0v) is 13.3. The molecule has 24 heavy (non-hydrogen) atoms. The lowest BCUT2D eigenvalue weighted by atomic mass is 9.97. The molecule has 4 rings (SSSR count). The monoisotopic (exact) mass is 321 g/mol. The van der Waals surface area contributed by atoms with Gasteiger partial charge >= 0.3 is 6.03 Å². The highest BCUT2D eigenvalue weighted by atomic mass is 16.3. The fourth-order valence-electron chi connectivity index (χ4n) is 3.12. The molecule has 1 N–H and O–H groups in total. The van der Waals surface area contributed by atoms with Crippen molar-refractivity contribution in [1.82, 2.24) is 9.88 Å². The van der Waals surface area contributed by atoms with E-state index in [4.69, 9.17) is 4.42 Å². The zero-order chi connectivity index (χ0) is 16.4. The van der Waals surface area contributed by atoms with Crippen LogP contribution in [0.4, 0.5) is 10.5 Å². The van der Waals surface area contributed by atoms with Gasteiger partial charge in [-0.05, 0) is 37.1 Å². The van der Waals surface area contributed by atoms with Gasteiger partial charge in [-0.3, -0.25) is 0 Å². The summed E-state index contributed by atoms with van der Waals surface area (Å²) < 4.78 is 5.87. The molecule has 0 atom stereocenters. The number of hydrogen-bond donors (Lipinski definition) is 1. The van der Waals surface area contributed by atoms with E-state index in [1.54, 1.807) is 0 Å². The summed E-state index contributed by atoms with van der Waals surface area (Å²) in [7, 11) is 0. The molecule has 1 fully saturated rings. The van der Waals surface area contributed by atoms with E-state index in [9.17, 15) is 4.79 Å². The highest BCUT2D eigenvalue weighted by Gasteiger charge is 2.27. The average Bonchev–Trinajstić information content (AvgIpc) is 3.07. The van der Waals surface area contributed by atoms with Gasteiger partial charge in [-0.15, -0.1) is 0 Å². The van der Waals surface area contributed by atoms with Gasteiger partial charge in [0.25, 0.3) is 0 Å². The van der Waals surface area contributed by atoms with Crippen molar-refractivity contribution < 1.29 is 9.21 Å². The molecular weight excluding hydrogens is 302 g/mol. The molecule has 0 bridgehead atoms. The number of nitrogens with one attached hydrogen (secondary N) is 1. The first kappa shape index (κ1) is 14.8. The lowest BCUT2D eigenvalue weighted by Crippen LogP contribution is -2.40. The van der Waals surface area contributed by atoms with Crippen molar-refractivity contribution in [3.63, 3.8) is 0 Å². The number of likely N-dealkylation sites (tertiary alicyclic amines) is 1. The average molecular weight is 321 g/mol. The van der Waals surface area contributed by atoms with Crippen LogP contribution in [-0.2, 0) is 0 Å². The van der Waals surface area contributed by atoms with Crippen molar-refractivity contribution in [2.75, 3.05) is 18.4 Å². The number of benzene rings is 2. The first-order valence-electron chi connectivity index (χ1n) is 8.26. The van der Waals surface area contributed by atoms with E-state index in [1.807, 2.05) is 59.5 Å². The maximum absolute atomic E-state index is 12.3. The Morgan fingerprint density at radius 2 is 1.75 bits per heavy atom. The summed E-state index contributed by atoms with van der Waals surface area (Å²) in [5, 5.41) is 2.94. The zero-order valence-electron chi connectivity index (χ0n) is 13.3. The quantitative estimate of drug-likeness (QED) is 0.768. The van der Waals surface area contributed by atoms with Gasteiger partial charge in [0.2, 0.25) is 0 Å². The van der Waals surface area contributed by atoms with E-state index in [1.165, 1.54) is 0 Å². The number of anilines is 1. The Morgan fingerprint density at radius 1 is 1.04 bits per heavy atom. The van der Waals surface area contributed by atoms with Crippen LogP contribution in [0.1, 0.15) is 24.7 Å². The van der Waals surface area contributed by atoms with Gasteiger partial charge in [0.05, 0.1) is 0 Å². The molecule has 5 heteroatoms. The van der Waals surface area contributed by atoms with Crippen molar-refractivity contribution >= 4 is 22.8 Å². The number of carbonyl (C=O) groups is 1. The SMILES string of the molecule is O=C(Nc1ccccc1)N1CCC(c2nc3ccccc3o2)CC1. The third-order valence-electron chi connectivity index (χ3n) is 4.47. The first-order valence-corrected chi connectivity index (χ1v) is 8.26. The molecule has 1 saturated heterocycles. The van der Waals surface area contributed by atoms with Crippen molar-refractivity contribution in [3.05, 3.63) is 60.5 Å². The standard InChI is InChI=1S/C19H19N3O2/c23-19(20-15-6-2-1-3-7-15)22-12-10-14(11-13-22)18-21-16-8-4-5-9-17(16)24-18/h1-9,14H,10-13H2,(H,20,23). The van der Waals surface area contributed by atoms with Gasteiger partial charge < -0.3 is 14.6 Å². The molecule has 1 aliphatic heterocycles. The summed E-state index contributed by atoms with van der Waals surface area (Å²) in [6, 6.07) is 17.3. The Labute approximate surface area is 140 Å². The summed E-state index contributed by atoms with van der Waals surface area (Å²) in [6.07, 6.45) is 1.74. The molecule has 122 valence electrons. The fourth-order valence-corrected chi connectivity index (χ4v) is 3.12. The van der Waals surface area contributed by atoms with E-state index in [0.717, 1.165) is 35.5 Å². The molecule has 1 aromatic heterocycles. The Morgan fingerprint density at radius 3 is 2.50 bits per heavy atom. The first-order chi connectivity index (χ1) is 11.8. The van der Waals surface area contributed by atoms with Gasteiger partial charge in [0, 0.05) is 24.7 Å². The van der Waals surface area contributed by atoms with E-state index in [0.29, 0.717) is 13.1 Å². The Kier molecular flexibility index (Phi) is 3.91. The summed E-state index contributed by atoms with van der Waals surface area (Å²) in [5.41, 5.74) is 2.55. The summed E-state index contributed by atoms with van der Waals surface area (Å²) in [6.45, 7) is 1.42. The van der Waals surface area contributed by atoms with E-state index < -0.39 is 0 Å². The van der Waals surface area contributed by atoms with Crippen LogP contribution in [-0.4, -0.2) is 29.0 Å². The van der Waals surface area contributed by atoms with Gasteiger partial charge in [-0.25, -0.2) is 9.78 Å². The van der Waals surface area contributed by atoms with Gasteiger partial charge in [-0.1, -0.05) is 30.3 Å². The van der Waals surface area contributed by atoms with Crippen LogP contribution in [0.5, 0.6) is 0 Å². The number of nitrogens with zero attached hydrogens (tertiary/aromatic N) is 2. The highest BCUT2D eigenvalue weighted by Crippen LogP contribution is 2.30. The number of piperidine rings is 1. The molecule has 2 amide bonds. The number of amides is 2. The van der Waals surface area contributed by atoms with Crippen molar-refractivity contribution in [1.29, 1.82) is 0 Å². The number of para-hydroxylation sites is 3.